The first-order valence-electron chi connectivity index (χ1n) is 11.1. The maximum atomic E-state index is 13.4. The fraction of sp³-hybridized carbons (Fsp3) is 0.308. The summed E-state index contributed by atoms with van der Waals surface area (Å²) in [5.74, 6) is -0.247. The van der Waals surface area contributed by atoms with E-state index in [2.05, 4.69) is 41.2 Å². The van der Waals surface area contributed by atoms with Gasteiger partial charge in [0.1, 0.15) is 11.7 Å². The summed E-state index contributed by atoms with van der Waals surface area (Å²) in [6.45, 7) is 5.62. The van der Waals surface area contributed by atoms with E-state index < -0.39 is 6.04 Å². The van der Waals surface area contributed by atoms with Crippen LogP contribution in [0.2, 0.25) is 0 Å². The lowest BCUT2D eigenvalue weighted by Gasteiger charge is -2.40. The van der Waals surface area contributed by atoms with Crippen LogP contribution in [0.25, 0.3) is 11.1 Å². The first-order chi connectivity index (χ1) is 15.6. The molecular formula is C26H28N4O2. The molecule has 4 rings (SSSR count). The van der Waals surface area contributed by atoms with Crippen LogP contribution >= 0.6 is 0 Å². The minimum absolute atomic E-state index is 0.00312. The van der Waals surface area contributed by atoms with Crippen molar-refractivity contribution in [1.29, 1.82) is 0 Å². The van der Waals surface area contributed by atoms with Crippen LogP contribution in [0.15, 0.2) is 67.0 Å². The Labute approximate surface area is 188 Å². The fourth-order valence-electron chi connectivity index (χ4n) is 4.15. The number of carbonyl (C=O) groups is 2. The van der Waals surface area contributed by atoms with Crippen LogP contribution in [0.5, 0.6) is 0 Å². The van der Waals surface area contributed by atoms with Crippen LogP contribution < -0.4 is 0 Å². The molecule has 1 atom stereocenters. The Balaban J connectivity index is 1.63. The number of benzene rings is 2. The predicted octanol–water partition coefficient (Wildman–Crippen LogP) is 3.76. The molecule has 6 nitrogen and oxygen atoms in total. The summed E-state index contributed by atoms with van der Waals surface area (Å²) in [6, 6.07) is 17.8. The quantitative estimate of drug-likeness (QED) is 0.600. The van der Waals surface area contributed by atoms with E-state index in [1.165, 1.54) is 6.20 Å². The zero-order chi connectivity index (χ0) is 22.5. The standard InChI is InChI=1S/C26H28N4O2/c1-3-12-29-13-14-30(25(31)23-18-27-19(2)17-28-23)24(26(29)32)16-20-8-7-11-22(15-20)21-9-5-4-6-10-21/h4-11,15,17-18,24H,3,12-14,16H2,1-2H3/t24-/m1/s1. The van der Waals surface area contributed by atoms with E-state index in [0.29, 0.717) is 26.1 Å². The van der Waals surface area contributed by atoms with Crippen LogP contribution in [0.1, 0.15) is 35.1 Å². The average molecular weight is 429 g/mol. The molecule has 0 spiro atoms. The van der Waals surface area contributed by atoms with Crippen molar-refractivity contribution in [3.05, 3.63) is 83.9 Å². The van der Waals surface area contributed by atoms with Gasteiger partial charge in [0.25, 0.3) is 5.91 Å². The highest BCUT2D eigenvalue weighted by atomic mass is 16.2. The van der Waals surface area contributed by atoms with E-state index >= 15 is 0 Å². The molecule has 0 N–H and O–H groups in total. The van der Waals surface area contributed by atoms with Crippen LogP contribution in [0.3, 0.4) is 0 Å². The van der Waals surface area contributed by atoms with Crippen molar-refractivity contribution in [3.63, 3.8) is 0 Å². The Morgan fingerprint density at radius 1 is 1.00 bits per heavy atom. The molecule has 1 fully saturated rings. The molecule has 2 heterocycles. The van der Waals surface area contributed by atoms with Gasteiger partial charge in [0.05, 0.1) is 11.9 Å². The van der Waals surface area contributed by atoms with Crippen molar-refractivity contribution in [3.8, 4) is 11.1 Å². The highest BCUT2D eigenvalue weighted by Gasteiger charge is 2.38. The number of amides is 2. The summed E-state index contributed by atoms with van der Waals surface area (Å²) in [4.78, 5) is 38.6. The number of rotatable bonds is 6. The van der Waals surface area contributed by atoms with E-state index in [-0.39, 0.29) is 17.5 Å². The summed E-state index contributed by atoms with van der Waals surface area (Å²) in [5, 5.41) is 0. The van der Waals surface area contributed by atoms with Crippen molar-refractivity contribution in [2.24, 2.45) is 0 Å². The zero-order valence-electron chi connectivity index (χ0n) is 18.6. The highest BCUT2D eigenvalue weighted by molar-refractivity contribution is 5.96. The van der Waals surface area contributed by atoms with Crippen molar-refractivity contribution >= 4 is 11.8 Å². The van der Waals surface area contributed by atoms with Crippen molar-refractivity contribution in [2.75, 3.05) is 19.6 Å². The summed E-state index contributed by atoms with van der Waals surface area (Å²) >= 11 is 0. The van der Waals surface area contributed by atoms with Gasteiger partial charge in [0.15, 0.2) is 0 Å². The van der Waals surface area contributed by atoms with Gasteiger partial charge in [-0.2, -0.15) is 0 Å². The van der Waals surface area contributed by atoms with Gasteiger partial charge in [-0.25, -0.2) is 4.98 Å². The molecule has 6 heteroatoms. The molecule has 3 aromatic rings. The first kappa shape index (κ1) is 21.7. The molecule has 2 amide bonds. The molecular weight excluding hydrogens is 400 g/mol. The van der Waals surface area contributed by atoms with Crippen LogP contribution in [-0.4, -0.2) is 57.3 Å². The van der Waals surface area contributed by atoms with Gasteiger partial charge < -0.3 is 9.80 Å². The van der Waals surface area contributed by atoms with E-state index in [0.717, 1.165) is 28.8 Å². The topological polar surface area (TPSA) is 66.4 Å². The molecule has 1 aromatic heterocycles. The molecule has 164 valence electrons. The average Bonchev–Trinajstić information content (AvgIpc) is 2.83. The van der Waals surface area contributed by atoms with Crippen molar-refractivity contribution < 1.29 is 9.59 Å². The van der Waals surface area contributed by atoms with Gasteiger partial charge in [-0.3, -0.25) is 14.6 Å². The minimum Gasteiger partial charge on any atom is -0.339 e. The van der Waals surface area contributed by atoms with E-state index in [4.69, 9.17) is 0 Å². The summed E-state index contributed by atoms with van der Waals surface area (Å²) in [5.41, 5.74) is 4.27. The summed E-state index contributed by atoms with van der Waals surface area (Å²) < 4.78 is 0. The van der Waals surface area contributed by atoms with Gasteiger partial charge in [-0.1, -0.05) is 61.5 Å². The maximum Gasteiger partial charge on any atom is 0.274 e. The number of aryl methyl sites for hydroxylation is 1. The van der Waals surface area contributed by atoms with Gasteiger partial charge in [0, 0.05) is 32.3 Å². The minimum atomic E-state index is -0.558. The second kappa shape index (κ2) is 9.73. The lowest BCUT2D eigenvalue weighted by Crippen LogP contribution is -2.59. The Kier molecular flexibility index (Phi) is 6.59. The van der Waals surface area contributed by atoms with Crippen LogP contribution in [-0.2, 0) is 11.2 Å². The van der Waals surface area contributed by atoms with Gasteiger partial charge in [-0.05, 0) is 30.0 Å². The summed E-state index contributed by atoms with van der Waals surface area (Å²) in [6.07, 6.45) is 4.43. The zero-order valence-corrected chi connectivity index (χ0v) is 18.6. The fourth-order valence-corrected chi connectivity index (χ4v) is 4.15. The van der Waals surface area contributed by atoms with Gasteiger partial charge in [-0.15, -0.1) is 0 Å². The first-order valence-corrected chi connectivity index (χ1v) is 11.1. The SMILES string of the molecule is CCCN1CCN(C(=O)c2cnc(C)cn2)[C@H](Cc2cccc(-c3ccccc3)c2)C1=O. The number of carbonyl (C=O) groups excluding carboxylic acids is 2. The number of hydrogen-bond donors (Lipinski definition) is 0. The molecule has 2 aromatic carbocycles. The van der Waals surface area contributed by atoms with Crippen LogP contribution in [0.4, 0.5) is 0 Å². The second-order valence-electron chi connectivity index (χ2n) is 8.15. The Morgan fingerprint density at radius 3 is 2.50 bits per heavy atom. The molecule has 32 heavy (non-hydrogen) atoms. The molecule has 0 bridgehead atoms. The van der Waals surface area contributed by atoms with Crippen molar-refractivity contribution in [2.45, 2.75) is 32.7 Å². The van der Waals surface area contributed by atoms with Gasteiger partial charge in [0.2, 0.25) is 5.91 Å². The van der Waals surface area contributed by atoms with Crippen molar-refractivity contribution in [1.82, 2.24) is 19.8 Å². The van der Waals surface area contributed by atoms with E-state index in [1.807, 2.05) is 42.2 Å². The monoisotopic (exact) mass is 428 g/mol. The molecule has 0 aliphatic carbocycles. The largest absolute Gasteiger partial charge is 0.339 e. The number of piperazine rings is 1. The van der Waals surface area contributed by atoms with Crippen LogP contribution in [0, 0.1) is 6.92 Å². The van der Waals surface area contributed by atoms with Gasteiger partial charge >= 0.3 is 0 Å². The molecule has 1 saturated heterocycles. The Hall–Kier alpha value is -3.54. The highest BCUT2D eigenvalue weighted by Crippen LogP contribution is 2.23. The third kappa shape index (κ3) is 4.69. The van der Waals surface area contributed by atoms with E-state index in [9.17, 15) is 9.59 Å². The summed E-state index contributed by atoms with van der Waals surface area (Å²) in [7, 11) is 0. The maximum absolute atomic E-state index is 13.4. The molecule has 0 radical (unpaired) electrons. The third-order valence-electron chi connectivity index (χ3n) is 5.80. The normalized spacial score (nSPS) is 16.3. The van der Waals surface area contributed by atoms with E-state index in [1.54, 1.807) is 11.1 Å². The molecule has 1 aliphatic rings. The Morgan fingerprint density at radius 2 is 1.78 bits per heavy atom. The second-order valence-corrected chi connectivity index (χ2v) is 8.15. The molecule has 0 unspecified atom stereocenters. The Bertz CT molecular complexity index is 1080. The smallest absolute Gasteiger partial charge is 0.274 e. The number of aromatic nitrogens is 2. The molecule has 1 aliphatic heterocycles. The lowest BCUT2D eigenvalue weighted by atomic mass is 9.97. The predicted molar refractivity (Wildman–Crippen MR) is 124 cm³/mol. The lowest BCUT2D eigenvalue weighted by molar-refractivity contribution is -0.140. The third-order valence-corrected chi connectivity index (χ3v) is 5.80. The number of hydrogen-bond acceptors (Lipinski definition) is 4. The molecule has 0 saturated carbocycles. The number of nitrogens with zero attached hydrogens (tertiary/aromatic N) is 4.